The number of esters is 2. The Bertz CT molecular complexity index is 817. The molecule has 0 radical (unpaired) electrons. The number of ether oxygens (including phenoxy) is 2. The monoisotopic (exact) mass is 779 g/mol. The maximum absolute atomic E-state index is 12.7. The van der Waals surface area contributed by atoms with Crippen LogP contribution in [-0.4, -0.2) is 74.1 Å². The smallest absolute Gasteiger partial charge is 0.305 e. The summed E-state index contributed by atoms with van der Waals surface area (Å²) in [6, 6.07) is 0. The fraction of sp³-hybridized carbons (Fsp3) is 0.938. The number of unbranched alkanes of at least 4 members (excludes halogenated alkanes) is 16. The first-order valence-electron chi connectivity index (χ1n) is 24.1. The van der Waals surface area contributed by atoms with Gasteiger partial charge in [0.25, 0.3) is 0 Å². The summed E-state index contributed by atoms with van der Waals surface area (Å²) < 4.78 is 11.5. The van der Waals surface area contributed by atoms with Gasteiger partial charge in [-0.2, -0.15) is 0 Å². The molecule has 0 aliphatic heterocycles. The van der Waals surface area contributed by atoms with Gasteiger partial charge in [-0.1, -0.05) is 150 Å². The normalized spacial score (nSPS) is 12.6. The Labute approximate surface area is 342 Å². The lowest BCUT2D eigenvalue weighted by molar-refractivity contribution is -0.146. The van der Waals surface area contributed by atoms with Crippen molar-refractivity contribution < 1.29 is 23.9 Å². The minimum atomic E-state index is -0.0352. The van der Waals surface area contributed by atoms with Gasteiger partial charge in [-0.3, -0.25) is 14.4 Å². The topological polar surface area (TPSA) is 76.2 Å². The van der Waals surface area contributed by atoms with Crippen molar-refractivity contribution in [1.29, 1.82) is 0 Å². The van der Waals surface area contributed by atoms with Crippen molar-refractivity contribution in [3.8, 4) is 0 Å². The van der Waals surface area contributed by atoms with Crippen LogP contribution >= 0.6 is 0 Å². The third-order valence-corrected chi connectivity index (χ3v) is 11.4. The van der Waals surface area contributed by atoms with Crippen molar-refractivity contribution in [2.24, 2.45) is 11.8 Å². The van der Waals surface area contributed by atoms with Gasteiger partial charge in [0.05, 0.1) is 13.2 Å². The highest BCUT2D eigenvalue weighted by Gasteiger charge is 2.15. The van der Waals surface area contributed by atoms with Crippen molar-refractivity contribution in [2.75, 3.05) is 46.4 Å². The number of carbonyl (C=O) groups excluding carboxylic acids is 3. The number of carbonyl (C=O) groups is 3. The summed E-state index contributed by atoms with van der Waals surface area (Å²) in [6.07, 6.45) is 34.0. The van der Waals surface area contributed by atoms with Gasteiger partial charge in [0, 0.05) is 32.9 Å². The maximum Gasteiger partial charge on any atom is 0.305 e. The molecule has 0 heterocycles. The summed E-state index contributed by atoms with van der Waals surface area (Å²) in [5.74, 6) is 1.21. The molecule has 7 nitrogen and oxygen atoms in total. The van der Waals surface area contributed by atoms with Gasteiger partial charge in [0.2, 0.25) is 5.91 Å². The summed E-state index contributed by atoms with van der Waals surface area (Å²) in [4.78, 5) is 42.3. The fourth-order valence-electron chi connectivity index (χ4n) is 7.52. The minimum Gasteiger partial charge on any atom is -0.465 e. The molecule has 0 aromatic heterocycles. The van der Waals surface area contributed by atoms with E-state index in [1.54, 1.807) is 0 Å². The first kappa shape index (κ1) is 53.4. The predicted molar refractivity (Wildman–Crippen MR) is 234 cm³/mol. The summed E-state index contributed by atoms with van der Waals surface area (Å²) in [7, 11) is 1.95. The Kier molecular flexibility index (Phi) is 39.4. The molecule has 0 aromatic carbocycles. The van der Waals surface area contributed by atoms with E-state index in [4.69, 9.17) is 9.47 Å². The Morgan fingerprint density at radius 3 is 1.22 bits per heavy atom. The highest BCUT2D eigenvalue weighted by atomic mass is 16.5. The third kappa shape index (κ3) is 35.3. The molecule has 0 aromatic rings. The van der Waals surface area contributed by atoms with E-state index in [9.17, 15) is 14.4 Å². The van der Waals surface area contributed by atoms with Crippen LogP contribution in [-0.2, 0) is 23.9 Å². The molecule has 0 aliphatic carbocycles. The van der Waals surface area contributed by atoms with Gasteiger partial charge >= 0.3 is 11.9 Å². The van der Waals surface area contributed by atoms with Gasteiger partial charge in [-0.15, -0.1) is 0 Å². The van der Waals surface area contributed by atoms with Crippen LogP contribution in [0.25, 0.3) is 0 Å². The van der Waals surface area contributed by atoms with E-state index < -0.39 is 0 Å². The molecule has 0 aliphatic rings. The van der Waals surface area contributed by atoms with Gasteiger partial charge in [0.15, 0.2) is 0 Å². The summed E-state index contributed by atoms with van der Waals surface area (Å²) in [6.45, 7) is 16.1. The molecule has 0 rings (SSSR count). The zero-order valence-corrected chi connectivity index (χ0v) is 37.8. The third-order valence-electron chi connectivity index (χ3n) is 11.4. The van der Waals surface area contributed by atoms with Crippen LogP contribution < -0.4 is 0 Å². The number of amides is 1. The van der Waals surface area contributed by atoms with Crippen LogP contribution in [0.4, 0.5) is 0 Å². The quantitative estimate of drug-likeness (QED) is 0.0454. The highest BCUT2D eigenvalue weighted by molar-refractivity contribution is 5.75. The molecule has 0 spiro atoms. The highest BCUT2D eigenvalue weighted by Crippen LogP contribution is 2.20. The molecular weight excluding hydrogens is 685 g/mol. The second-order valence-corrected chi connectivity index (χ2v) is 16.9. The van der Waals surface area contributed by atoms with E-state index in [2.05, 4.69) is 39.5 Å². The van der Waals surface area contributed by atoms with Crippen molar-refractivity contribution >= 4 is 17.8 Å². The molecule has 55 heavy (non-hydrogen) atoms. The molecule has 7 heteroatoms. The van der Waals surface area contributed by atoms with Gasteiger partial charge in [-0.05, 0) is 95.7 Å². The van der Waals surface area contributed by atoms with Crippen LogP contribution in [0.5, 0.6) is 0 Å². The lowest BCUT2D eigenvalue weighted by Gasteiger charge is -2.24. The number of hydrogen-bond acceptors (Lipinski definition) is 6. The molecule has 1 amide bonds. The molecule has 0 fully saturated rings. The zero-order valence-electron chi connectivity index (χ0n) is 37.8. The number of rotatable bonds is 42. The second-order valence-electron chi connectivity index (χ2n) is 16.9. The van der Waals surface area contributed by atoms with Crippen molar-refractivity contribution in [2.45, 2.75) is 234 Å². The Morgan fingerprint density at radius 1 is 0.400 bits per heavy atom. The van der Waals surface area contributed by atoms with Gasteiger partial charge in [-0.25, -0.2) is 0 Å². The molecule has 2 unspecified atom stereocenters. The van der Waals surface area contributed by atoms with Gasteiger partial charge < -0.3 is 19.3 Å². The lowest BCUT2D eigenvalue weighted by atomic mass is 9.96. The SMILES string of the molecule is CCCCCCCC(=O)N(C)CCCN(CCCCCC(=O)OCC(CCCC)CCCCCC)CCCCCC(=O)OCC(CCCC)CCCCCC. The summed E-state index contributed by atoms with van der Waals surface area (Å²) in [5, 5.41) is 0. The average molecular weight is 779 g/mol. The van der Waals surface area contributed by atoms with E-state index in [-0.39, 0.29) is 17.8 Å². The van der Waals surface area contributed by atoms with Crippen LogP contribution in [0, 0.1) is 11.8 Å². The second kappa shape index (κ2) is 40.6. The summed E-state index contributed by atoms with van der Waals surface area (Å²) in [5.41, 5.74) is 0. The molecule has 2 atom stereocenters. The number of hydrogen-bond donors (Lipinski definition) is 0. The van der Waals surface area contributed by atoms with Crippen molar-refractivity contribution in [3.63, 3.8) is 0 Å². The Morgan fingerprint density at radius 2 is 0.764 bits per heavy atom. The Balaban J connectivity index is 4.72. The molecule has 0 N–H and O–H groups in total. The molecular formula is C48H94N2O5. The minimum absolute atomic E-state index is 0.0352. The largest absolute Gasteiger partial charge is 0.465 e. The van der Waals surface area contributed by atoms with Crippen LogP contribution in [0.3, 0.4) is 0 Å². The summed E-state index contributed by atoms with van der Waals surface area (Å²) >= 11 is 0. The fourth-order valence-corrected chi connectivity index (χ4v) is 7.52. The predicted octanol–water partition coefficient (Wildman–Crippen LogP) is 13.3. The molecule has 0 saturated carbocycles. The Hall–Kier alpha value is -1.63. The number of nitrogens with zero attached hydrogens (tertiary/aromatic N) is 2. The van der Waals surface area contributed by atoms with E-state index >= 15 is 0 Å². The molecule has 0 bridgehead atoms. The van der Waals surface area contributed by atoms with Crippen LogP contribution in [0.2, 0.25) is 0 Å². The molecule has 0 saturated heterocycles. The maximum atomic E-state index is 12.7. The first-order valence-corrected chi connectivity index (χ1v) is 24.1. The van der Waals surface area contributed by atoms with E-state index in [0.717, 1.165) is 96.8 Å². The standard InChI is InChI=1S/C48H94N2O5/c1-7-12-17-20-25-35-46(51)49(6)38-30-41-50(39-28-21-26-36-47(52)54-42-44(31-15-10-4)33-23-18-13-8-2)40-29-22-27-37-48(53)55-43-45(32-16-11-5)34-24-19-14-9-3/h44-45H,7-43H2,1-6H3. The van der Waals surface area contributed by atoms with Crippen LogP contribution in [0.15, 0.2) is 0 Å². The lowest BCUT2D eigenvalue weighted by Crippen LogP contribution is -2.32. The van der Waals surface area contributed by atoms with E-state index in [1.165, 1.54) is 109 Å². The zero-order chi connectivity index (χ0) is 40.6. The van der Waals surface area contributed by atoms with Crippen molar-refractivity contribution in [3.05, 3.63) is 0 Å². The molecule has 326 valence electrons. The van der Waals surface area contributed by atoms with Gasteiger partial charge in [0.1, 0.15) is 0 Å². The van der Waals surface area contributed by atoms with Crippen molar-refractivity contribution in [1.82, 2.24) is 9.80 Å². The van der Waals surface area contributed by atoms with E-state index in [1.807, 2.05) is 11.9 Å². The van der Waals surface area contributed by atoms with E-state index in [0.29, 0.717) is 44.3 Å². The van der Waals surface area contributed by atoms with Crippen LogP contribution in [0.1, 0.15) is 234 Å². The average Bonchev–Trinajstić information content (AvgIpc) is 3.18. The first-order chi connectivity index (χ1) is 26.8.